The van der Waals surface area contributed by atoms with Gasteiger partial charge in [-0.3, -0.25) is 4.79 Å². The molecule has 1 fully saturated rings. The largest absolute Gasteiger partial charge is 0.501 e. The van der Waals surface area contributed by atoms with Gasteiger partial charge in [0.1, 0.15) is 0 Å². The molecule has 0 amide bonds. The Balaban J connectivity index is 2.20. The van der Waals surface area contributed by atoms with E-state index in [9.17, 15) is 4.79 Å². The fourth-order valence-electron chi connectivity index (χ4n) is 2.12. The summed E-state index contributed by atoms with van der Waals surface area (Å²) < 4.78 is 5.19. The van der Waals surface area contributed by atoms with Gasteiger partial charge in [-0.15, -0.1) is 0 Å². The second-order valence-electron chi connectivity index (χ2n) is 3.86. The van der Waals surface area contributed by atoms with Crippen LogP contribution < -0.4 is 0 Å². The van der Waals surface area contributed by atoms with E-state index < -0.39 is 11.4 Å². The Morgan fingerprint density at radius 3 is 2.62 bits per heavy atom. The van der Waals surface area contributed by atoms with Gasteiger partial charge in [0, 0.05) is 0 Å². The van der Waals surface area contributed by atoms with E-state index in [1.807, 2.05) is 0 Å². The number of hydrogen-bond acceptors (Lipinski definition) is 2. The third kappa shape index (κ3) is 1.23. The van der Waals surface area contributed by atoms with Crippen molar-refractivity contribution in [3.63, 3.8) is 0 Å². The van der Waals surface area contributed by atoms with Crippen molar-refractivity contribution >= 4 is 5.97 Å². The van der Waals surface area contributed by atoms with Gasteiger partial charge in [0.05, 0.1) is 18.3 Å². The van der Waals surface area contributed by atoms with Crippen molar-refractivity contribution in [3.8, 4) is 0 Å². The maximum absolute atomic E-state index is 11.1. The van der Waals surface area contributed by atoms with Crippen LogP contribution in [0.15, 0.2) is 11.8 Å². The first-order valence-corrected chi connectivity index (χ1v) is 4.80. The van der Waals surface area contributed by atoms with E-state index in [0.29, 0.717) is 0 Å². The fourth-order valence-corrected chi connectivity index (χ4v) is 2.12. The molecule has 1 N–H and O–H groups in total. The molecule has 2 rings (SSSR count). The van der Waals surface area contributed by atoms with Crippen molar-refractivity contribution in [2.45, 2.75) is 32.1 Å². The zero-order chi connectivity index (χ0) is 9.31. The summed E-state index contributed by atoms with van der Waals surface area (Å²) in [6.45, 7) is 0.735. The molecule has 0 aromatic heterocycles. The first kappa shape index (κ1) is 8.60. The molecule has 0 atom stereocenters. The van der Waals surface area contributed by atoms with Crippen LogP contribution >= 0.6 is 0 Å². The van der Waals surface area contributed by atoms with Gasteiger partial charge in [0.2, 0.25) is 0 Å². The number of carboxylic acid groups (broad SMARTS) is 1. The Morgan fingerprint density at radius 2 is 2.23 bits per heavy atom. The number of hydrogen-bond donors (Lipinski definition) is 1. The molecular weight excluding hydrogens is 168 g/mol. The van der Waals surface area contributed by atoms with Gasteiger partial charge < -0.3 is 9.84 Å². The number of carboxylic acids is 1. The lowest BCUT2D eigenvalue weighted by Crippen LogP contribution is -2.40. The summed E-state index contributed by atoms with van der Waals surface area (Å²) in [5.41, 5.74) is 0.443. The van der Waals surface area contributed by atoms with Crippen molar-refractivity contribution in [3.05, 3.63) is 11.8 Å². The van der Waals surface area contributed by atoms with Crippen LogP contribution in [0.3, 0.4) is 0 Å². The zero-order valence-electron chi connectivity index (χ0n) is 7.58. The quantitative estimate of drug-likeness (QED) is 0.709. The van der Waals surface area contributed by atoms with Gasteiger partial charge in [-0.2, -0.15) is 0 Å². The predicted molar refractivity (Wildman–Crippen MR) is 47.2 cm³/mol. The summed E-state index contributed by atoms with van der Waals surface area (Å²) in [6.07, 6.45) is 6.14. The van der Waals surface area contributed by atoms with Gasteiger partial charge in [0.15, 0.2) is 0 Å². The number of carbonyl (C=O) groups is 1. The van der Waals surface area contributed by atoms with Crippen LogP contribution in [0.4, 0.5) is 0 Å². The summed E-state index contributed by atoms with van der Waals surface area (Å²) in [4.78, 5) is 11.1. The van der Waals surface area contributed by atoms with Gasteiger partial charge in [-0.1, -0.05) is 6.42 Å². The van der Waals surface area contributed by atoms with E-state index in [1.54, 1.807) is 6.26 Å². The molecular formula is C10H14O3. The minimum absolute atomic E-state index is 0.555. The molecule has 0 unspecified atom stereocenters. The monoisotopic (exact) mass is 182 g/mol. The van der Waals surface area contributed by atoms with Crippen molar-refractivity contribution in [1.82, 2.24) is 0 Å². The minimum Gasteiger partial charge on any atom is -0.501 e. The Hall–Kier alpha value is -0.990. The van der Waals surface area contributed by atoms with Gasteiger partial charge >= 0.3 is 5.97 Å². The van der Waals surface area contributed by atoms with Crippen LogP contribution in [0.25, 0.3) is 0 Å². The van der Waals surface area contributed by atoms with Crippen LogP contribution in [0.5, 0.6) is 0 Å². The number of ether oxygens (including phenoxy) is 1. The summed E-state index contributed by atoms with van der Waals surface area (Å²) >= 11 is 0. The third-order valence-electron chi connectivity index (χ3n) is 3.17. The lowest BCUT2D eigenvalue weighted by Gasteiger charge is -2.40. The lowest BCUT2D eigenvalue weighted by molar-refractivity contribution is -0.151. The highest BCUT2D eigenvalue weighted by atomic mass is 16.5. The molecule has 0 aromatic rings. The van der Waals surface area contributed by atoms with Crippen LogP contribution in [0.1, 0.15) is 32.1 Å². The van der Waals surface area contributed by atoms with Crippen molar-refractivity contribution < 1.29 is 14.6 Å². The zero-order valence-corrected chi connectivity index (χ0v) is 7.58. The molecule has 72 valence electrons. The van der Waals surface area contributed by atoms with E-state index in [2.05, 4.69) is 0 Å². The minimum atomic E-state index is -0.671. The van der Waals surface area contributed by atoms with E-state index in [-0.39, 0.29) is 0 Å². The van der Waals surface area contributed by atoms with Crippen LogP contribution in [0.2, 0.25) is 0 Å². The predicted octanol–water partition coefficient (Wildman–Crippen LogP) is 1.94. The Kier molecular flexibility index (Phi) is 2.02. The van der Waals surface area contributed by atoms with E-state index in [1.165, 1.54) is 0 Å². The molecule has 3 heteroatoms. The normalized spacial score (nSPS) is 25.4. The molecule has 0 saturated heterocycles. The SMILES string of the molecule is O=C(O)C1(C2=COCCC2)CCC1. The van der Waals surface area contributed by atoms with E-state index in [0.717, 1.165) is 44.3 Å². The van der Waals surface area contributed by atoms with Crippen molar-refractivity contribution in [2.75, 3.05) is 6.61 Å². The highest BCUT2D eigenvalue weighted by Gasteiger charge is 2.47. The van der Waals surface area contributed by atoms with Crippen LogP contribution in [-0.2, 0) is 9.53 Å². The Bertz CT molecular complexity index is 251. The molecule has 1 saturated carbocycles. The smallest absolute Gasteiger partial charge is 0.313 e. The maximum Gasteiger partial charge on any atom is 0.313 e. The first-order chi connectivity index (χ1) is 6.26. The van der Waals surface area contributed by atoms with Gasteiger partial charge in [-0.25, -0.2) is 0 Å². The molecule has 3 nitrogen and oxygen atoms in total. The van der Waals surface area contributed by atoms with Crippen LogP contribution in [-0.4, -0.2) is 17.7 Å². The number of aliphatic carboxylic acids is 1. The molecule has 1 heterocycles. The first-order valence-electron chi connectivity index (χ1n) is 4.80. The molecule has 0 bridgehead atoms. The molecule has 1 aliphatic carbocycles. The molecule has 2 aliphatic rings. The average Bonchev–Trinajstić information content (AvgIpc) is 2.03. The van der Waals surface area contributed by atoms with Gasteiger partial charge in [0.25, 0.3) is 0 Å². The van der Waals surface area contributed by atoms with Gasteiger partial charge in [-0.05, 0) is 31.3 Å². The molecule has 0 aromatic carbocycles. The van der Waals surface area contributed by atoms with E-state index >= 15 is 0 Å². The Labute approximate surface area is 77.4 Å². The summed E-state index contributed by atoms with van der Waals surface area (Å²) in [6, 6.07) is 0. The van der Waals surface area contributed by atoms with Crippen molar-refractivity contribution in [1.29, 1.82) is 0 Å². The molecule has 0 spiro atoms. The second-order valence-corrected chi connectivity index (χ2v) is 3.86. The summed E-state index contributed by atoms with van der Waals surface area (Å²) in [5, 5.41) is 9.14. The molecule has 13 heavy (non-hydrogen) atoms. The lowest BCUT2D eigenvalue weighted by atomic mass is 9.63. The maximum atomic E-state index is 11.1. The third-order valence-corrected chi connectivity index (χ3v) is 3.17. The topological polar surface area (TPSA) is 46.5 Å². The fraction of sp³-hybridized carbons (Fsp3) is 0.700. The Morgan fingerprint density at radius 1 is 1.46 bits per heavy atom. The van der Waals surface area contributed by atoms with Crippen molar-refractivity contribution in [2.24, 2.45) is 5.41 Å². The standard InChI is InChI=1S/C10H14O3/c11-9(12)10(4-2-5-10)8-3-1-6-13-7-8/h7H,1-6H2,(H,11,12). The molecule has 1 aliphatic heterocycles. The van der Waals surface area contributed by atoms with Crippen LogP contribution in [0, 0.1) is 5.41 Å². The summed E-state index contributed by atoms with van der Waals surface area (Å²) in [7, 11) is 0. The molecule has 0 radical (unpaired) electrons. The summed E-state index contributed by atoms with van der Waals surface area (Å²) in [5.74, 6) is -0.671. The highest BCUT2D eigenvalue weighted by molar-refractivity contribution is 5.79. The average molecular weight is 182 g/mol. The van der Waals surface area contributed by atoms with E-state index in [4.69, 9.17) is 9.84 Å². The number of rotatable bonds is 2. The highest BCUT2D eigenvalue weighted by Crippen LogP contribution is 2.49. The second kappa shape index (κ2) is 3.05.